The van der Waals surface area contributed by atoms with Crippen molar-refractivity contribution in [1.82, 2.24) is 9.88 Å². The summed E-state index contributed by atoms with van der Waals surface area (Å²) < 4.78 is 20.1. The summed E-state index contributed by atoms with van der Waals surface area (Å²) in [5.41, 5.74) is 4.75. The highest BCUT2D eigenvalue weighted by atomic mass is 19.1. The van der Waals surface area contributed by atoms with Gasteiger partial charge in [-0.2, -0.15) is 5.26 Å². The molecule has 1 N–H and O–H groups in total. The van der Waals surface area contributed by atoms with Gasteiger partial charge in [0.05, 0.1) is 16.8 Å². The number of phenolic OH excluding ortho intramolecular Hbond substituents is 1. The number of fused-ring (bicyclic) bond motifs is 1. The predicted molar refractivity (Wildman–Crippen MR) is 154 cm³/mol. The van der Waals surface area contributed by atoms with Crippen molar-refractivity contribution in [3.8, 4) is 34.1 Å². The Morgan fingerprint density at radius 3 is 2.45 bits per heavy atom. The number of hydrogen-bond acceptors (Lipinski definition) is 6. The highest BCUT2D eigenvalue weighted by Gasteiger charge is 2.28. The lowest BCUT2D eigenvalue weighted by molar-refractivity contribution is 0.0240. The van der Waals surface area contributed by atoms with Crippen LogP contribution < -0.4 is 4.90 Å². The van der Waals surface area contributed by atoms with E-state index in [0.717, 1.165) is 33.3 Å². The number of pyridine rings is 1. The van der Waals surface area contributed by atoms with Crippen LogP contribution in [0, 0.1) is 24.1 Å². The van der Waals surface area contributed by atoms with E-state index in [9.17, 15) is 19.6 Å². The molecule has 0 unspecified atom stereocenters. The first kappa shape index (κ1) is 26.9. The number of hydrogen-bond donors (Lipinski definition) is 1. The first-order valence-corrected chi connectivity index (χ1v) is 13.2. The lowest BCUT2D eigenvalue weighted by atomic mass is 9.96. The van der Waals surface area contributed by atoms with Crippen LogP contribution in [0.25, 0.3) is 33.2 Å². The zero-order valence-electron chi connectivity index (χ0n) is 23.0. The van der Waals surface area contributed by atoms with Crippen molar-refractivity contribution < 1.29 is 19.0 Å². The molecule has 0 saturated carbocycles. The number of phenols is 1. The van der Waals surface area contributed by atoms with E-state index in [0.29, 0.717) is 37.3 Å². The molecule has 1 fully saturated rings. The average Bonchev–Trinajstić information content (AvgIpc) is 2.91. The molecule has 3 aromatic carbocycles. The first-order chi connectivity index (χ1) is 19.0. The quantitative estimate of drug-likeness (QED) is 0.314. The van der Waals surface area contributed by atoms with Gasteiger partial charge in [-0.05, 0) is 74.7 Å². The summed E-state index contributed by atoms with van der Waals surface area (Å²) in [5, 5.41) is 21.0. The third kappa shape index (κ3) is 5.41. The van der Waals surface area contributed by atoms with E-state index in [4.69, 9.17) is 9.72 Å². The standard InChI is InChI=1S/C32H31FN4O3/c1-20-14-23(16-24(33)15-20)27-19-35-28-9-8-21(25-7-5-6-22(18-34)30(25)38)17-26(28)29(27)36-10-12-37(13-11-36)31(39)40-32(2,3)4/h5-9,14-17,19,38H,10-13H2,1-4H3. The van der Waals surface area contributed by atoms with Gasteiger partial charge in [0.1, 0.15) is 23.2 Å². The topological polar surface area (TPSA) is 89.7 Å². The van der Waals surface area contributed by atoms with Crippen molar-refractivity contribution in [1.29, 1.82) is 5.26 Å². The zero-order chi connectivity index (χ0) is 28.6. The molecule has 0 radical (unpaired) electrons. The molecule has 2 heterocycles. The van der Waals surface area contributed by atoms with Crippen LogP contribution >= 0.6 is 0 Å². The molecule has 7 nitrogen and oxygen atoms in total. The van der Waals surface area contributed by atoms with Crippen LogP contribution in [0.1, 0.15) is 31.9 Å². The minimum atomic E-state index is -0.581. The lowest BCUT2D eigenvalue weighted by Gasteiger charge is -2.38. The Kier molecular flexibility index (Phi) is 7.07. The molecular formula is C32H31FN4O3. The molecule has 1 amide bonds. The number of piperazine rings is 1. The largest absolute Gasteiger partial charge is 0.506 e. The van der Waals surface area contributed by atoms with Crippen LogP contribution in [-0.2, 0) is 4.74 Å². The van der Waals surface area contributed by atoms with Crippen molar-refractivity contribution in [2.75, 3.05) is 31.1 Å². The van der Waals surface area contributed by atoms with Crippen molar-refractivity contribution >= 4 is 22.7 Å². The maximum atomic E-state index is 14.5. The number of amides is 1. The van der Waals surface area contributed by atoms with Gasteiger partial charge in [0.2, 0.25) is 0 Å². The molecule has 1 aliphatic heterocycles. The number of carbonyl (C=O) groups excluding carboxylic acids is 1. The summed E-state index contributed by atoms with van der Waals surface area (Å²) in [6, 6.07) is 17.7. The number of benzene rings is 3. The van der Waals surface area contributed by atoms with Crippen LogP contribution in [0.5, 0.6) is 5.75 Å². The van der Waals surface area contributed by atoms with Crippen LogP contribution in [0.4, 0.5) is 14.9 Å². The van der Waals surface area contributed by atoms with E-state index < -0.39 is 5.60 Å². The van der Waals surface area contributed by atoms with E-state index in [2.05, 4.69) is 4.90 Å². The molecule has 0 atom stereocenters. The number of halogens is 1. The number of para-hydroxylation sites is 1. The number of carbonyl (C=O) groups is 1. The van der Waals surface area contributed by atoms with Gasteiger partial charge in [-0.1, -0.05) is 24.3 Å². The Hall–Kier alpha value is -4.64. The Balaban J connectivity index is 1.63. The molecule has 0 bridgehead atoms. The van der Waals surface area contributed by atoms with Crippen molar-refractivity contribution in [3.05, 3.63) is 77.7 Å². The molecule has 204 valence electrons. The highest BCUT2D eigenvalue weighted by Crippen LogP contribution is 2.41. The van der Waals surface area contributed by atoms with Gasteiger partial charge in [-0.25, -0.2) is 9.18 Å². The second kappa shape index (κ2) is 10.5. The van der Waals surface area contributed by atoms with Gasteiger partial charge in [-0.15, -0.1) is 0 Å². The Labute approximate surface area is 233 Å². The Bertz CT molecular complexity index is 1630. The average molecular weight is 539 g/mol. The van der Waals surface area contributed by atoms with E-state index in [1.807, 2.05) is 58.0 Å². The van der Waals surface area contributed by atoms with Crippen LogP contribution in [0.2, 0.25) is 0 Å². The first-order valence-electron chi connectivity index (χ1n) is 13.2. The molecule has 4 aromatic rings. The van der Waals surface area contributed by atoms with Gasteiger partial charge in [-0.3, -0.25) is 4.98 Å². The van der Waals surface area contributed by atoms with Gasteiger partial charge in [0.25, 0.3) is 0 Å². The fraction of sp³-hybridized carbons (Fsp3) is 0.281. The lowest BCUT2D eigenvalue weighted by Crippen LogP contribution is -2.50. The molecule has 1 saturated heterocycles. The summed E-state index contributed by atoms with van der Waals surface area (Å²) in [7, 11) is 0. The maximum absolute atomic E-state index is 14.5. The van der Waals surface area contributed by atoms with E-state index in [1.54, 1.807) is 29.3 Å². The van der Waals surface area contributed by atoms with E-state index in [1.165, 1.54) is 12.1 Å². The number of ether oxygens (including phenoxy) is 1. The van der Waals surface area contributed by atoms with Gasteiger partial charge >= 0.3 is 6.09 Å². The number of aromatic hydroxyl groups is 1. The van der Waals surface area contributed by atoms with E-state index in [-0.39, 0.29) is 23.2 Å². The fourth-order valence-electron chi connectivity index (χ4n) is 5.10. The molecule has 0 spiro atoms. The smallest absolute Gasteiger partial charge is 0.410 e. The molecular weight excluding hydrogens is 507 g/mol. The number of rotatable bonds is 3. The maximum Gasteiger partial charge on any atom is 0.410 e. The molecule has 0 aliphatic carbocycles. The number of nitriles is 1. The zero-order valence-corrected chi connectivity index (χ0v) is 23.0. The number of aryl methyl sites for hydroxylation is 1. The highest BCUT2D eigenvalue weighted by molar-refractivity contribution is 6.02. The summed E-state index contributed by atoms with van der Waals surface area (Å²) in [6.45, 7) is 9.40. The summed E-state index contributed by atoms with van der Waals surface area (Å²) in [5.74, 6) is -0.412. The van der Waals surface area contributed by atoms with Crippen LogP contribution in [0.3, 0.4) is 0 Å². The predicted octanol–water partition coefficient (Wildman–Crippen LogP) is 6.65. The fourth-order valence-corrected chi connectivity index (χ4v) is 5.10. The Morgan fingerprint density at radius 2 is 1.77 bits per heavy atom. The van der Waals surface area contributed by atoms with Crippen molar-refractivity contribution in [3.63, 3.8) is 0 Å². The Morgan fingerprint density at radius 1 is 1.02 bits per heavy atom. The van der Waals surface area contributed by atoms with Crippen LogP contribution in [0.15, 0.2) is 60.8 Å². The van der Waals surface area contributed by atoms with Crippen molar-refractivity contribution in [2.45, 2.75) is 33.3 Å². The third-order valence-corrected chi connectivity index (χ3v) is 6.91. The number of anilines is 1. The van der Waals surface area contributed by atoms with Gasteiger partial charge in [0, 0.05) is 48.9 Å². The molecule has 1 aliphatic rings. The van der Waals surface area contributed by atoms with Crippen LogP contribution in [-0.4, -0.2) is 52.9 Å². The van der Waals surface area contributed by atoms with E-state index >= 15 is 0 Å². The second-order valence-corrected chi connectivity index (χ2v) is 11.0. The molecule has 1 aromatic heterocycles. The minimum Gasteiger partial charge on any atom is -0.506 e. The third-order valence-electron chi connectivity index (χ3n) is 6.91. The van der Waals surface area contributed by atoms with Crippen molar-refractivity contribution in [2.24, 2.45) is 0 Å². The summed E-state index contributed by atoms with van der Waals surface area (Å²) >= 11 is 0. The SMILES string of the molecule is Cc1cc(F)cc(-c2cnc3ccc(-c4cccc(C#N)c4O)cc3c2N2CCN(C(=O)OC(C)(C)C)CC2)c1. The normalized spacial score (nSPS) is 13.8. The number of aromatic nitrogens is 1. The van der Waals surface area contributed by atoms with Gasteiger partial charge in [0.15, 0.2) is 0 Å². The molecule has 40 heavy (non-hydrogen) atoms. The monoisotopic (exact) mass is 538 g/mol. The summed E-state index contributed by atoms with van der Waals surface area (Å²) in [6.07, 6.45) is 1.42. The molecule has 5 rings (SSSR count). The summed E-state index contributed by atoms with van der Waals surface area (Å²) in [4.78, 5) is 21.3. The minimum absolute atomic E-state index is 0.0817. The molecule has 8 heteroatoms. The van der Waals surface area contributed by atoms with Gasteiger partial charge < -0.3 is 19.6 Å². The number of nitrogens with zero attached hydrogens (tertiary/aromatic N) is 4. The second-order valence-electron chi connectivity index (χ2n) is 11.0.